The lowest BCUT2D eigenvalue weighted by Gasteiger charge is -2.65. The Morgan fingerprint density at radius 3 is 2.66 bits per heavy atom. The van der Waals surface area contributed by atoms with Crippen LogP contribution in [0.5, 0.6) is 5.75 Å². The van der Waals surface area contributed by atoms with Crippen LogP contribution >= 0.6 is 23.2 Å². The number of nitrogens with one attached hydrogen (secondary N) is 3. The summed E-state index contributed by atoms with van der Waals surface area (Å²) >= 11 is 13.1. The minimum atomic E-state index is -0.899. The molecular formula is C26H26Cl2N4O3. The number of ether oxygens (including phenoxy) is 1. The number of carbonyl (C=O) groups is 2. The Bertz CT molecular complexity index is 1240. The maximum absolute atomic E-state index is 13.5. The van der Waals surface area contributed by atoms with E-state index in [0.717, 1.165) is 11.3 Å². The molecule has 2 bridgehead atoms. The summed E-state index contributed by atoms with van der Waals surface area (Å²) < 4.78 is 5.74. The lowest BCUT2D eigenvalue weighted by atomic mass is 9.43. The van der Waals surface area contributed by atoms with Crippen molar-refractivity contribution in [2.45, 2.75) is 55.5 Å². The molecule has 2 amide bonds. The van der Waals surface area contributed by atoms with E-state index in [0.29, 0.717) is 48.6 Å². The first kappa shape index (κ1) is 22.7. The molecule has 3 aliphatic carbocycles. The van der Waals surface area contributed by atoms with E-state index in [4.69, 9.17) is 33.3 Å². The van der Waals surface area contributed by atoms with E-state index in [2.05, 4.69) is 10.6 Å². The second-order valence-corrected chi connectivity index (χ2v) is 11.7. The van der Waals surface area contributed by atoms with Crippen molar-refractivity contribution in [3.63, 3.8) is 0 Å². The van der Waals surface area contributed by atoms with Crippen molar-refractivity contribution in [1.82, 2.24) is 10.2 Å². The third kappa shape index (κ3) is 3.43. The topological polar surface area (TPSA) is 94.5 Å². The van der Waals surface area contributed by atoms with Gasteiger partial charge in [0.25, 0.3) is 0 Å². The zero-order chi connectivity index (χ0) is 24.6. The molecule has 2 aliphatic heterocycles. The smallest absolute Gasteiger partial charge is 0.232 e. The second-order valence-electron chi connectivity index (χ2n) is 10.5. The Morgan fingerprint density at radius 1 is 1.20 bits per heavy atom. The summed E-state index contributed by atoms with van der Waals surface area (Å²) in [4.78, 5) is 27.7. The van der Waals surface area contributed by atoms with Gasteiger partial charge in [-0.05, 0) is 43.9 Å². The van der Waals surface area contributed by atoms with Gasteiger partial charge in [-0.2, -0.15) is 0 Å². The lowest BCUT2D eigenvalue weighted by molar-refractivity contribution is -0.152. The molecule has 2 aromatic rings. The number of fused-ring (bicyclic) bond motifs is 1. The summed E-state index contributed by atoms with van der Waals surface area (Å²) in [6.45, 7) is 2.34. The molecule has 7 rings (SSSR count). The summed E-state index contributed by atoms with van der Waals surface area (Å²) in [6.07, 6.45) is 2.81. The normalized spacial score (nSPS) is 33.0. The van der Waals surface area contributed by atoms with E-state index in [9.17, 15) is 9.59 Å². The van der Waals surface area contributed by atoms with Crippen LogP contribution in [0.3, 0.4) is 0 Å². The number of hydrogen-bond donors (Lipinski definition) is 3. The Kier molecular flexibility index (Phi) is 4.93. The van der Waals surface area contributed by atoms with Crippen molar-refractivity contribution in [2.75, 3.05) is 11.9 Å². The SMILES string of the molecule is C[C@@]1(c2cccc(NC(=O)C34CC(Cl)(C3)C4)c2Cl)CC(=O)N([C@H]2CCOc3ccccc32)C(=N)N1. The standard InChI is InChI=1S/C26H26Cl2N4O3/c1-24(16-6-4-7-17(21(16)27)30-22(34)25-12-26(28,13-25)14-25)11-20(33)32(23(29)31-24)18-9-10-35-19-8-3-2-5-15(18)19/h2-8,18H,9-14H2,1H3,(H2,29,31)(H,30,34)/t18-,24-,25?,26?/m0/s1. The highest BCUT2D eigenvalue weighted by molar-refractivity contribution is 6.35. The lowest BCUT2D eigenvalue weighted by Crippen LogP contribution is -2.68. The number of hydrogen-bond acceptors (Lipinski definition) is 4. The maximum Gasteiger partial charge on any atom is 0.232 e. The third-order valence-corrected chi connectivity index (χ3v) is 8.74. The van der Waals surface area contributed by atoms with E-state index in [1.165, 1.54) is 4.90 Å². The number of benzene rings is 2. The van der Waals surface area contributed by atoms with Crippen LogP contribution in [0.1, 0.15) is 56.2 Å². The number of alkyl halides is 1. The van der Waals surface area contributed by atoms with Gasteiger partial charge in [-0.3, -0.25) is 19.9 Å². The number of nitrogens with zero attached hydrogens (tertiary/aromatic N) is 1. The van der Waals surface area contributed by atoms with Gasteiger partial charge in [0, 0.05) is 16.9 Å². The molecule has 9 heteroatoms. The Morgan fingerprint density at radius 2 is 1.94 bits per heavy atom. The van der Waals surface area contributed by atoms with Gasteiger partial charge in [0.1, 0.15) is 5.75 Å². The number of halogens is 2. The van der Waals surface area contributed by atoms with Crippen LogP contribution in [0.4, 0.5) is 5.69 Å². The first-order valence-electron chi connectivity index (χ1n) is 11.8. The largest absolute Gasteiger partial charge is 0.493 e. The van der Waals surface area contributed by atoms with E-state index >= 15 is 0 Å². The van der Waals surface area contributed by atoms with Crippen molar-refractivity contribution < 1.29 is 14.3 Å². The highest BCUT2D eigenvalue weighted by atomic mass is 35.5. The molecule has 0 radical (unpaired) electrons. The predicted molar refractivity (Wildman–Crippen MR) is 134 cm³/mol. The Hall–Kier alpha value is -2.77. The molecule has 35 heavy (non-hydrogen) atoms. The van der Waals surface area contributed by atoms with Crippen molar-refractivity contribution in [1.29, 1.82) is 5.41 Å². The zero-order valence-corrected chi connectivity index (χ0v) is 20.8. The van der Waals surface area contributed by atoms with Crippen molar-refractivity contribution in [3.8, 4) is 5.75 Å². The minimum Gasteiger partial charge on any atom is -0.493 e. The molecule has 0 unspecified atom stereocenters. The fraction of sp³-hybridized carbons (Fsp3) is 0.423. The van der Waals surface area contributed by atoms with Crippen LogP contribution in [0.25, 0.3) is 0 Å². The Balaban J connectivity index is 1.24. The molecule has 0 spiro atoms. The van der Waals surface area contributed by atoms with Crippen LogP contribution < -0.4 is 15.4 Å². The van der Waals surface area contributed by atoms with Gasteiger partial charge < -0.3 is 15.4 Å². The van der Waals surface area contributed by atoms with E-state index < -0.39 is 5.54 Å². The van der Waals surface area contributed by atoms with Crippen LogP contribution in [-0.4, -0.2) is 34.2 Å². The molecule has 7 nitrogen and oxygen atoms in total. The summed E-state index contributed by atoms with van der Waals surface area (Å²) in [5, 5.41) is 15.3. The average molecular weight is 513 g/mol. The number of amides is 2. The van der Waals surface area contributed by atoms with Crippen molar-refractivity contribution >= 4 is 46.7 Å². The quantitative estimate of drug-likeness (QED) is 0.505. The Labute approximate surface area is 213 Å². The highest BCUT2D eigenvalue weighted by Crippen LogP contribution is 2.71. The molecule has 2 aromatic carbocycles. The van der Waals surface area contributed by atoms with Crippen LogP contribution in [0, 0.1) is 10.8 Å². The average Bonchev–Trinajstić information content (AvgIpc) is 2.77. The van der Waals surface area contributed by atoms with Crippen molar-refractivity contribution in [2.24, 2.45) is 5.41 Å². The molecule has 1 saturated heterocycles. The van der Waals surface area contributed by atoms with E-state index in [-0.39, 0.29) is 40.5 Å². The predicted octanol–water partition coefficient (Wildman–Crippen LogP) is 4.94. The van der Waals surface area contributed by atoms with E-state index in [1.54, 1.807) is 6.07 Å². The van der Waals surface area contributed by atoms with Crippen LogP contribution in [0.15, 0.2) is 42.5 Å². The molecule has 3 saturated carbocycles. The number of guanidine groups is 1. The zero-order valence-electron chi connectivity index (χ0n) is 19.3. The van der Waals surface area contributed by atoms with E-state index in [1.807, 2.05) is 43.3 Å². The molecule has 3 N–H and O–H groups in total. The number of para-hydroxylation sites is 1. The summed E-state index contributed by atoms with van der Waals surface area (Å²) in [6, 6.07) is 12.8. The summed E-state index contributed by atoms with van der Waals surface area (Å²) in [5.41, 5.74) is 0.784. The number of anilines is 1. The monoisotopic (exact) mass is 512 g/mol. The van der Waals surface area contributed by atoms with Gasteiger partial charge >= 0.3 is 0 Å². The van der Waals surface area contributed by atoms with Gasteiger partial charge in [0.2, 0.25) is 11.8 Å². The summed E-state index contributed by atoms with van der Waals surface area (Å²) in [7, 11) is 0. The first-order valence-corrected chi connectivity index (χ1v) is 12.6. The van der Waals surface area contributed by atoms with Gasteiger partial charge in [-0.25, -0.2) is 0 Å². The molecule has 2 heterocycles. The highest BCUT2D eigenvalue weighted by Gasteiger charge is 2.71. The molecule has 2 atom stereocenters. The second kappa shape index (κ2) is 7.61. The molecule has 182 valence electrons. The number of rotatable bonds is 4. The van der Waals surface area contributed by atoms with Crippen LogP contribution in [-0.2, 0) is 15.1 Å². The van der Waals surface area contributed by atoms with Gasteiger partial charge in [-0.15, -0.1) is 11.6 Å². The molecule has 4 fully saturated rings. The van der Waals surface area contributed by atoms with Crippen molar-refractivity contribution in [3.05, 3.63) is 58.6 Å². The number of carbonyl (C=O) groups excluding carboxylic acids is 2. The summed E-state index contributed by atoms with van der Waals surface area (Å²) in [5.74, 6) is 0.545. The van der Waals surface area contributed by atoms with Crippen LogP contribution in [0.2, 0.25) is 5.02 Å². The minimum absolute atomic E-state index is 0.0252. The van der Waals surface area contributed by atoms with Gasteiger partial charge in [0.15, 0.2) is 5.96 Å². The molecule has 0 aromatic heterocycles. The fourth-order valence-electron chi connectivity index (χ4n) is 6.18. The van der Waals surface area contributed by atoms with Gasteiger partial charge in [0.05, 0.1) is 40.7 Å². The first-order chi connectivity index (χ1) is 16.6. The molecule has 5 aliphatic rings. The maximum atomic E-state index is 13.5. The fourth-order valence-corrected chi connectivity index (χ4v) is 7.33. The van der Waals surface area contributed by atoms with Gasteiger partial charge in [-0.1, -0.05) is 41.9 Å². The molecular weight excluding hydrogens is 487 g/mol. The third-order valence-electron chi connectivity index (χ3n) is 7.94.